The molecular formula is C29H29ClFN3O4. The van der Waals surface area contributed by atoms with Gasteiger partial charge in [-0.25, -0.2) is 4.39 Å². The minimum atomic E-state index is -0.446. The summed E-state index contributed by atoms with van der Waals surface area (Å²) in [6.45, 7) is 0.586. The van der Waals surface area contributed by atoms with E-state index in [-0.39, 0.29) is 30.9 Å². The van der Waals surface area contributed by atoms with Crippen LogP contribution in [0.3, 0.4) is 0 Å². The number of nitrogens with one attached hydrogen (secondary N) is 2. The molecule has 198 valence electrons. The van der Waals surface area contributed by atoms with Crippen LogP contribution in [0.25, 0.3) is 0 Å². The normalized spacial score (nSPS) is 17.2. The lowest BCUT2D eigenvalue weighted by atomic mass is 10.1. The maximum absolute atomic E-state index is 13.4. The molecule has 9 heteroatoms. The number of rotatable bonds is 3. The first kappa shape index (κ1) is 27.1. The monoisotopic (exact) mass is 537 g/mol. The summed E-state index contributed by atoms with van der Waals surface area (Å²) in [5.74, 6) is -1.11. The van der Waals surface area contributed by atoms with Gasteiger partial charge >= 0.3 is 0 Å². The molecule has 0 saturated heterocycles. The highest BCUT2D eigenvalue weighted by Gasteiger charge is 2.23. The SMILES string of the molecule is O=C1CN(C(=O)c2ccc(F)cc2)CCCCNC(=O)c2cc(Cl)ccc2OC[C@H](Cc2ccccc2)N1. The predicted molar refractivity (Wildman–Crippen MR) is 143 cm³/mol. The van der Waals surface area contributed by atoms with E-state index in [9.17, 15) is 18.8 Å². The summed E-state index contributed by atoms with van der Waals surface area (Å²) in [6, 6.07) is 19.3. The average Bonchev–Trinajstić information content (AvgIpc) is 2.91. The topological polar surface area (TPSA) is 87.7 Å². The van der Waals surface area contributed by atoms with Gasteiger partial charge in [0, 0.05) is 23.7 Å². The van der Waals surface area contributed by atoms with Gasteiger partial charge in [0.2, 0.25) is 5.91 Å². The molecule has 1 aliphatic rings. The molecule has 2 N–H and O–H groups in total. The maximum atomic E-state index is 13.4. The molecule has 0 spiro atoms. The summed E-state index contributed by atoms with van der Waals surface area (Å²) >= 11 is 6.15. The Hall–Kier alpha value is -3.91. The molecule has 0 bridgehead atoms. The van der Waals surface area contributed by atoms with Gasteiger partial charge in [-0.1, -0.05) is 41.9 Å². The van der Waals surface area contributed by atoms with Gasteiger partial charge in [0.1, 0.15) is 18.2 Å². The Balaban J connectivity index is 1.58. The van der Waals surface area contributed by atoms with Gasteiger partial charge in [0.05, 0.1) is 18.2 Å². The number of hydrogen-bond donors (Lipinski definition) is 2. The predicted octanol–water partition coefficient (Wildman–Crippen LogP) is 4.25. The van der Waals surface area contributed by atoms with Gasteiger partial charge in [0.15, 0.2) is 0 Å². The molecule has 1 atom stereocenters. The number of carbonyl (C=O) groups is 3. The molecule has 3 aromatic carbocycles. The lowest BCUT2D eigenvalue weighted by molar-refractivity contribution is -0.122. The van der Waals surface area contributed by atoms with Crippen molar-refractivity contribution in [3.05, 3.63) is 100 Å². The van der Waals surface area contributed by atoms with Gasteiger partial charge in [-0.2, -0.15) is 0 Å². The standard InChI is InChI=1S/C29H29ClFN3O4/c30-22-10-13-26-25(17-22)28(36)32-14-4-5-15-34(29(37)21-8-11-23(31)12-9-21)18-27(35)33-24(19-38-26)16-20-6-2-1-3-7-20/h1-3,6-13,17,24H,4-5,14-16,18-19H2,(H,32,36)(H,33,35)/t24-/m0/s1. The molecule has 4 rings (SSSR count). The van der Waals surface area contributed by atoms with Crippen LogP contribution in [0.1, 0.15) is 39.1 Å². The molecule has 0 aliphatic carbocycles. The molecule has 0 aromatic heterocycles. The van der Waals surface area contributed by atoms with Crippen molar-refractivity contribution in [2.75, 3.05) is 26.2 Å². The molecule has 3 amide bonds. The Morgan fingerprint density at radius 3 is 2.55 bits per heavy atom. The summed E-state index contributed by atoms with van der Waals surface area (Å²) in [5, 5.41) is 6.27. The number of amides is 3. The van der Waals surface area contributed by atoms with E-state index in [1.165, 1.54) is 29.2 Å². The van der Waals surface area contributed by atoms with Gasteiger partial charge in [-0.05, 0) is 67.3 Å². The van der Waals surface area contributed by atoms with E-state index in [0.29, 0.717) is 54.3 Å². The third-order valence-corrected chi connectivity index (χ3v) is 6.40. The molecular weight excluding hydrogens is 509 g/mol. The largest absolute Gasteiger partial charge is 0.491 e. The summed E-state index contributed by atoms with van der Waals surface area (Å²) in [4.78, 5) is 40.7. The van der Waals surface area contributed by atoms with Crippen LogP contribution in [-0.4, -0.2) is 54.9 Å². The first-order valence-corrected chi connectivity index (χ1v) is 12.9. The van der Waals surface area contributed by atoms with Crippen LogP contribution in [0, 0.1) is 5.82 Å². The average molecular weight is 538 g/mol. The number of ether oxygens (including phenoxy) is 1. The van der Waals surface area contributed by atoms with E-state index in [1.807, 2.05) is 30.3 Å². The van der Waals surface area contributed by atoms with Crippen molar-refractivity contribution in [3.8, 4) is 5.75 Å². The highest BCUT2D eigenvalue weighted by atomic mass is 35.5. The van der Waals surface area contributed by atoms with Crippen molar-refractivity contribution in [3.63, 3.8) is 0 Å². The summed E-state index contributed by atoms with van der Waals surface area (Å²) in [6.07, 6.45) is 1.61. The fourth-order valence-electron chi connectivity index (χ4n) is 4.25. The van der Waals surface area contributed by atoms with Crippen molar-refractivity contribution < 1.29 is 23.5 Å². The second-order valence-corrected chi connectivity index (χ2v) is 9.54. The molecule has 0 saturated carbocycles. The van der Waals surface area contributed by atoms with E-state index < -0.39 is 11.9 Å². The molecule has 0 fully saturated rings. The second-order valence-electron chi connectivity index (χ2n) is 9.10. The molecule has 1 heterocycles. The molecule has 38 heavy (non-hydrogen) atoms. The van der Waals surface area contributed by atoms with E-state index in [1.54, 1.807) is 18.2 Å². The molecule has 1 aliphatic heterocycles. The zero-order valence-corrected chi connectivity index (χ0v) is 21.5. The Morgan fingerprint density at radius 1 is 1.03 bits per heavy atom. The van der Waals surface area contributed by atoms with E-state index in [0.717, 1.165) is 5.56 Å². The molecule has 7 nitrogen and oxygen atoms in total. The second kappa shape index (κ2) is 13.1. The van der Waals surface area contributed by atoms with Crippen LogP contribution in [0.2, 0.25) is 5.02 Å². The highest BCUT2D eigenvalue weighted by molar-refractivity contribution is 6.31. The van der Waals surface area contributed by atoms with Crippen molar-refractivity contribution in [1.29, 1.82) is 0 Å². The number of benzene rings is 3. The van der Waals surface area contributed by atoms with Crippen molar-refractivity contribution in [2.24, 2.45) is 0 Å². The Bertz CT molecular complexity index is 1270. The van der Waals surface area contributed by atoms with E-state index >= 15 is 0 Å². The Labute approximate surface area is 225 Å². The van der Waals surface area contributed by atoms with E-state index in [4.69, 9.17) is 16.3 Å². The van der Waals surface area contributed by atoms with E-state index in [2.05, 4.69) is 10.6 Å². The van der Waals surface area contributed by atoms with Crippen LogP contribution in [0.4, 0.5) is 4.39 Å². The lowest BCUT2D eigenvalue weighted by Crippen LogP contribution is -2.47. The van der Waals surface area contributed by atoms with Crippen molar-refractivity contribution in [1.82, 2.24) is 15.5 Å². The van der Waals surface area contributed by atoms with Crippen LogP contribution in [0.15, 0.2) is 72.8 Å². The quantitative estimate of drug-likeness (QED) is 0.523. The summed E-state index contributed by atoms with van der Waals surface area (Å²) in [5.41, 5.74) is 1.60. The third kappa shape index (κ3) is 7.55. The molecule has 0 radical (unpaired) electrons. The van der Waals surface area contributed by atoms with Gasteiger partial charge in [0.25, 0.3) is 11.8 Å². The number of carbonyl (C=O) groups excluding carboxylic acids is 3. The third-order valence-electron chi connectivity index (χ3n) is 6.17. The minimum Gasteiger partial charge on any atom is -0.491 e. The highest BCUT2D eigenvalue weighted by Crippen LogP contribution is 2.23. The summed E-state index contributed by atoms with van der Waals surface area (Å²) in [7, 11) is 0. The number of hydrogen-bond acceptors (Lipinski definition) is 4. The van der Waals surface area contributed by atoms with Gasteiger partial charge < -0.3 is 20.3 Å². The number of halogens is 2. The minimum absolute atomic E-state index is 0.0917. The zero-order chi connectivity index (χ0) is 26.9. The van der Waals surface area contributed by atoms with Crippen molar-refractivity contribution >= 4 is 29.3 Å². The number of fused-ring (bicyclic) bond motifs is 1. The van der Waals surface area contributed by atoms with Gasteiger partial charge in [-0.15, -0.1) is 0 Å². The lowest BCUT2D eigenvalue weighted by Gasteiger charge is -2.25. The number of nitrogens with zero attached hydrogens (tertiary/aromatic N) is 1. The zero-order valence-electron chi connectivity index (χ0n) is 20.8. The van der Waals surface area contributed by atoms with Crippen LogP contribution in [-0.2, 0) is 11.2 Å². The fraction of sp³-hybridized carbons (Fsp3) is 0.276. The maximum Gasteiger partial charge on any atom is 0.255 e. The molecule has 3 aromatic rings. The first-order chi connectivity index (χ1) is 18.4. The van der Waals surface area contributed by atoms with Crippen molar-refractivity contribution in [2.45, 2.75) is 25.3 Å². The fourth-order valence-corrected chi connectivity index (χ4v) is 4.42. The first-order valence-electron chi connectivity index (χ1n) is 12.5. The molecule has 0 unspecified atom stereocenters. The Kier molecular flexibility index (Phi) is 9.32. The van der Waals surface area contributed by atoms with Crippen LogP contribution in [0.5, 0.6) is 5.75 Å². The van der Waals surface area contributed by atoms with Crippen LogP contribution < -0.4 is 15.4 Å². The summed E-state index contributed by atoms with van der Waals surface area (Å²) < 4.78 is 19.4. The van der Waals surface area contributed by atoms with Crippen LogP contribution >= 0.6 is 11.6 Å². The Morgan fingerprint density at radius 2 is 1.79 bits per heavy atom. The smallest absolute Gasteiger partial charge is 0.255 e. The van der Waals surface area contributed by atoms with Gasteiger partial charge in [-0.3, -0.25) is 14.4 Å².